The molecule has 2 aromatic rings. The average molecular weight is 297 g/mol. The number of hydrogen-bond acceptors (Lipinski definition) is 3. The maximum Gasteiger partial charge on any atom is 0.136 e. The summed E-state index contributed by atoms with van der Waals surface area (Å²) >= 11 is -1.19. The van der Waals surface area contributed by atoms with Crippen molar-refractivity contribution in [3.63, 3.8) is 0 Å². The van der Waals surface area contributed by atoms with Crippen LogP contribution in [-0.4, -0.2) is 9.30 Å². The molecule has 0 radical (unpaired) electrons. The van der Waals surface area contributed by atoms with Crippen molar-refractivity contribution >= 4 is 22.3 Å². The third kappa shape index (κ3) is 3.00. The zero-order valence-corrected chi connectivity index (χ0v) is 13.2. The molecule has 0 bridgehead atoms. The van der Waals surface area contributed by atoms with Gasteiger partial charge in [-0.25, -0.2) is 4.39 Å². The summed E-state index contributed by atoms with van der Waals surface area (Å²) in [5.41, 5.74) is 1.53. The van der Waals surface area contributed by atoms with E-state index in [1.165, 1.54) is 12.1 Å². The van der Waals surface area contributed by atoms with Crippen molar-refractivity contribution in [1.29, 1.82) is 0 Å². The molecule has 1 N–H and O–H groups in total. The lowest BCUT2D eigenvalue weighted by Crippen LogP contribution is -2.40. The van der Waals surface area contributed by atoms with E-state index in [9.17, 15) is 8.94 Å². The molecule has 1 aromatic heterocycles. The lowest BCUT2D eigenvalue weighted by Gasteiger charge is -2.25. The first-order valence-corrected chi connectivity index (χ1v) is 7.71. The second kappa shape index (κ2) is 5.39. The molecule has 0 spiro atoms. The van der Waals surface area contributed by atoms with Gasteiger partial charge in [-0.1, -0.05) is 0 Å². The fourth-order valence-electron chi connectivity index (χ4n) is 2.02. The summed E-state index contributed by atoms with van der Waals surface area (Å²) in [6.07, 6.45) is 0. The summed E-state index contributed by atoms with van der Waals surface area (Å²) in [6.45, 7) is 9.50. The summed E-state index contributed by atoms with van der Waals surface area (Å²) in [7, 11) is 0. The van der Waals surface area contributed by atoms with Crippen molar-refractivity contribution in [1.82, 2.24) is 4.72 Å². The zero-order chi connectivity index (χ0) is 15.1. The van der Waals surface area contributed by atoms with Crippen LogP contribution in [0, 0.1) is 12.7 Å². The second-order valence-electron chi connectivity index (χ2n) is 5.95. The SMILES string of the molecule is Cc1c(C(C)N[S+]([O-])C(C)(C)C)oc2ccc(F)cc12. The fraction of sp³-hybridized carbons (Fsp3) is 0.467. The first kappa shape index (κ1) is 15.4. The molecule has 0 saturated heterocycles. The van der Waals surface area contributed by atoms with Crippen LogP contribution in [0.4, 0.5) is 4.39 Å². The highest BCUT2D eigenvalue weighted by Crippen LogP contribution is 2.31. The van der Waals surface area contributed by atoms with E-state index in [1.54, 1.807) is 6.07 Å². The van der Waals surface area contributed by atoms with Crippen molar-refractivity contribution < 1.29 is 13.4 Å². The predicted octanol–water partition coefficient (Wildman–Crippen LogP) is 3.99. The molecule has 2 rings (SSSR count). The molecule has 0 amide bonds. The number of fused-ring (bicyclic) bond motifs is 1. The van der Waals surface area contributed by atoms with Gasteiger partial charge < -0.3 is 8.97 Å². The van der Waals surface area contributed by atoms with E-state index in [1.807, 2.05) is 34.6 Å². The summed E-state index contributed by atoms with van der Waals surface area (Å²) in [4.78, 5) is 0. The first-order valence-electron chi connectivity index (χ1n) is 6.56. The number of rotatable bonds is 3. The smallest absolute Gasteiger partial charge is 0.136 e. The molecule has 2 unspecified atom stereocenters. The van der Waals surface area contributed by atoms with E-state index in [-0.39, 0.29) is 16.6 Å². The highest BCUT2D eigenvalue weighted by molar-refractivity contribution is 7.90. The lowest BCUT2D eigenvalue weighted by atomic mass is 10.1. The zero-order valence-electron chi connectivity index (χ0n) is 12.4. The quantitative estimate of drug-likeness (QED) is 0.871. The molecule has 110 valence electrons. The van der Waals surface area contributed by atoms with E-state index in [4.69, 9.17) is 4.42 Å². The minimum atomic E-state index is -1.19. The van der Waals surface area contributed by atoms with Crippen LogP contribution >= 0.6 is 0 Å². The van der Waals surface area contributed by atoms with Gasteiger partial charge in [-0.3, -0.25) is 0 Å². The van der Waals surface area contributed by atoms with E-state index in [0.717, 1.165) is 10.9 Å². The Hall–Kier alpha value is -1.04. The normalized spacial score (nSPS) is 15.6. The maximum absolute atomic E-state index is 13.3. The second-order valence-corrected chi connectivity index (χ2v) is 7.95. The molecular weight excluding hydrogens is 277 g/mol. The monoisotopic (exact) mass is 297 g/mol. The molecule has 0 aliphatic heterocycles. The Kier molecular flexibility index (Phi) is 4.14. The predicted molar refractivity (Wildman–Crippen MR) is 80.4 cm³/mol. The van der Waals surface area contributed by atoms with Crippen molar-refractivity contribution in [3.05, 3.63) is 35.3 Å². The summed E-state index contributed by atoms with van der Waals surface area (Å²) < 4.78 is 33.9. The minimum Gasteiger partial charge on any atom is -0.598 e. The Morgan fingerprint density at radius 3 is 2.60 bits per heavy atom. The molecule has 0 aliphatic rings. The van der Waals surface area contributed by atoms with Crippen LogP contribution < -0.4 is 4.72 Å². The highest BCUT2D eigenvalue weighted by Gasteiger charge is 2.30. The van der Waals surface area contributed by atoms with E-state index in [2.05, 4.69) is 4.72 Å². The van der Waals surface area contributed by atoms with Gasteiger partial charge in [-0.15, -0.1) is 4.72 Å². The van der Waals surface area contributed by atoms with Gasteiger partial charge in [0.25, 0.3) is 0 Å². The number of hydrogen-bond donors (Lipinski definition) is 1. The van der Waals surface area contributed by atoms with E-state index in [0.29, 0.717) is 11.3 Å². The standard InChI is InChI=1S/C15H20FNO2S/c1-9-12-8-11(16)6-7-13(12)19-14(9)10(2)17-20(18)15(3,4)5/h6-8,10,17H,1-5H3. The summed E-state index contributed by atoms with van der Waals surface area (Å²) in [6, 6.07) is 4.26. The molecular formula is C15H20FNO2S. The minimum absolute atomic E-state index is 0.203. The van der Waals surface area contributed by atoms with Gasteiger partial charge in [0.2, 0.25) is 0 Å². The van der Waals surface area contributed by atoms with Crippen molar-refractivity contribution in [2.45, 2.75) is 45.4 Å². The van der Waals surface area contributed by atoms with Gasteiger partial charge in [-0.05, 0) is 52.8 Å². The number of nitrogens with one attached hydrogen (secondary N) is 1. The average Bonchev–Trinajstić information content (AvgIpc) is 2.65. The van der Waals surface area contributed by atoms with Gasteiger partial charge in [0, 0.05) is 22.3 Å². The number of halogens is 1. The molecule has 0 saturated carbocycles. The Bertz CT molecular complexity index is 618. The van der Waals surface area contributed by atoms with Gasteiger partial charge >= 0.3 is 0 Å². The maximum atomic E-state index is 13.3. The van der Waals surface area contributed by atoms with Gasteiger partial charge in [0.15, 0.2) is 0 Å². The number of furan rings is 1. The van der Waals surface area contributed by atoms with E-state index >= 15 is 0 Å². The van der Waals surface area contributed by atoms with Crippen LogP contribution in [0.25, 0.3) is 11.0 Å². The lowest BCUT2D eigenvalue weighted by molar-refractivity contribution is 0.472. The van der Waals surface area contributed by atoms with Gasteiger partial charge in [-0.2, -0.15) is 0 Å². The molecule has 1 heterocycles. The number of aryl methyl sites for hydroxylation is 1. The third-order valence-electron chi connectivity index (χ3n) is 3.17. The molecule has 1 aromatic carbocycles. The summed E-state index contributed by atoms with van der Waals surface area (Å²) in [5, 5.41) is 0.759. The molecule has 5 heteroatoms. The Morgan fingerprint density at radius 2 is 2.00 bits per heavy atom. The van der Waals surface area contributed by atoms with Crippen molar-refractivity contribution in [3.8, 4) is 0 Å². The molecule has 3 nitrogen and oxygen atoms in total. The topological polar surface area (TPSA) is 48.2 Å². The van der Waals surface area contributed by atoms with Crippen LogP contribution in [0.5, 0.6) is 0 Å². The van der Waals surface area contributed by atoms with Crippen LogP contribution in [0.2, 0.25) is 0 Å². The van der Waals surface area contributed by atoms with Crippen LogP contribution in [0.15, 0.2) is 22.6 Å². The third-order valence-corrected chi connectivity index (χ3v) is 4.85. The summed E-state index contributed by atoms with van der Waals surface area (Å²) in [5.74, 6) is 0.412. The Labute approximate surface area is 121 Å². The highest BCUT2D eigenvalue weighted by atomic mass is 32.2. The van der Waals surface area contributed by atoms with Crippen LogP contribution in [0.3, 0.4) is 0 Å². The Balaban J connectivity index is 2.31. The van der Waals surface area contributed by atoms with Crippen LogP contribution in [0.1, 0.15) is 45.1 Å². The van der Waals surface area contributed by atoms with Gasteiger partial charge in [0.05, 0.1) is 0 Å². The first-order chi connectivity index (χ1) is 9.20. The van der Waals surface area contributed by atoms with Crippen molar-refractivity contribution in [2.75, 3.05) is 0 Å². The molecule has 2 atom stereocenters. The number of benzene rings is 1. The molecule has 0 aliphatic carbocycles. The fourth-order valence-corrected chi connectivity index (χ4v) is 2.80. The van der Waals surface area contributed by atoms with Crippen LogP contribution in [-0.2, 0) is 11.4 Å². The van der Waals surface area contributed by atoms with Gasteiger partial charge in [0.1, 0.15) is 27.9 Å². The van der Waals surface area contributed by atoms with E-state index < -0.39 is 11.4 Å². The molecule has 0 fully saturated rings. The Morgan fingerprint density at radius 1 is 1.35 bits per heavy atom. The molecule has 20 heavy (non-hydrogen) atoms. The largest absolute Gasteiger partial charge is 0.598 e. The van der Waals surface area contributed by atoms with Crippen molar-refractivity contribution in [2.24, 2.45) is 0 Å².